The summed E-state index contributed by atoms with van der Waals surface area (Å²) in [6.45, 7) is 2.33. The SMILES string of the molecule is Cn1cccc(C(=O)NC[C@H](c2ccco2)N2CCSCC2)c1=O. The van der Waals surface area contributed by atoms with Crippen molar-refractivity contribution < 1.29 is 9.21 Å². The molecule has 7 heteroatoms. The van der Waals surface area contributed by atoms with Crippen LogP contribution < -0.4 is 10.9 Å². The molecule has 1 fully saturated rings. The summed E-state index contributed by atoms with van der Waals surface area (Å²) in [7, 11) is 1.64. The molecule has 3 heterocycles. The Hall–Kier alpha value is -1.99. The van der Waals surface area contributed by atoms with Crippen molar-refractivity contribution in [2.75, 3.05) is 31.1 Å². The van der Waals surface area contributed by atoms with E-state index in [0.717, 1.165) is 30.4 Å². The zero-order chi connectivity index (χ0) is 16.9. The van der Waals surface area contributed by atoms with Crippen molar-refractivity contribution in [3.05, 3.63) is 58.4 Å². The first kappa shape index (κ1) is 16.9. The lowest BCUT2D eigenvalue weighted by Crippen LogP contribution is -2.42. The Balaban J connectivity index is 1.72. The number of hydrogen-bond donors (Lipinski definition) is 1. The molecule has 0 bridgehead atoms. The number of pyridine rings is 1. The number of aromatic nitrogens is 1. The standard InChI is InChI=1S/C17H21N3O3S/c1-19-6-2-4-13(17(19)22)16(21)18-12-14(15-5-3-9-23-15)20-7-10-24-11-8-20/h2-6,9,14H,7-8,10-12H2,1H3,(H,18,21)/t14-/m1/s1. The third kappa shape index (κ3) is 3.73. The fraction of sp³-hybridized carbons (Fsp3) is 0.412. The number of amides is 1. The summed E-state index contributed by atoms with van der Waals surface area (Å²) in [5.74, 6) is 2.64. The smallest absolute Gasteiger partial charge is 0.263 e. The lowest BCUT2D eigenvalue weighted by Gasteiger charge is -2.33. The molecule has 1 atom stereocenters. The van der Waals surface area contributed by atoms with Crippen molar-refractivity contribution in [3.63, 3.8) is 0 Å². The van der Waals surface area contributed by atoms with Gasteiger partial charge in [0, 0.05) is 44.4 Å². The van der Waals surface area contributed by atoms with Crippen LogP contribution in [0.4, 0.5) is 0 Å². The number of hydrogen-bond acceptors (Lipinski definition) is 5. The van der Waals surface area contributed by atoms with Crippen molar-refractivity contribution in [1.29, 1.82) is 0 Å². The monoisotopic (exact) mass is 347 g/mol. The minimum Gasteiger partial charge on any atom is -0.468 e. The van der Waals surface area contributed by atoms with E-state index in [9.17, 15) is 9.59 Å². The van der Waals surface area contributed by atoms with E-state index in [4.69, 9.17) is 4.42 Å². The van der Waals surface area contributed by atoms with E-state index in [1.54, 1.807) is 31.6 Å². The number of nitrogens with one attached hydrogen (secondary N) is 1. The molecule has 0 aromatic carbocycles. The lowest BCUT2D eigenvalue weighted by molar-refractivity contribution is 0.0927. The first-order valence-electron chi connectivity index (χ1n) is 7.96. The largest absolute Gasteiger partial charge is 0.468 e. The molecule has 24 heavy (non-hydrogen) atoms. The number of aryl methyl sites for hydroxylation is 1. The van der Waals surface area contributed by atoms with Crippen molar-refractivity contribution in [3.8, 4) is 0 Å². The number of carbonyl (C=O) groups is 1. The van der Waals surface area contributed by atoms with Gasteiger partial charge in [-0.3, -0.25) is 14.5 Å². The van der Waals surface area contributed by atoms with Gasteiger partial charge in [-0.2, -0.15) is 11.8 Å². The maximum atomic E-state index is 12.4. The van der Waals surface area contributed by atoms with Crippen molar-refractivity contribution in [2.45, 2.75) is 6.04 Å². The van der Waals surface area contributed by atoms with Crippen LogP contribution in [-0.4, -0.2) is 46.5 Å². The summed E-state index contributed by atoms with van der Waals surface area (Å²) >= 11 is 1.93. The van der Waals surface area contributed by atoms with Crippen molar-refractivity contribution in [1.82, 2.24) is 14.8 Å². The van der Waals surface area contributed by atoms with Gasteiger partial charge in [-0.25, -0.2) is 0 Å². The zero-order valence-electron chi connectivity index (χ0n) is 13.6. The fourth-order valence-electron chi connectivity index (χ4n) is 2.83. The molecular weight excluding hydrogens is 326 g/mol. The van der Waals surface area contributed by atoms with E-state index in [0.29, 0.717) is 6.54 Å². The van der Waals surface area contributed by atoms with Crippen LogP contribution in [0.3, 0.4) is 0 Å². The van der Waals surface area contributed by atoms with E-state index in [1.165, 1.54) is 4.57 Å². The molecular formula is C17H21N3O3S. The highest BCUT2D eigenvalue weighted by Crippen LogP contribution is 2.24. The van der Waals surface area contributed by atoms with Crippen LogP contribution >= 0.6 is 11.8 Å². The molecule has 0 aliphatic carbocycles. The molecule has 0 unspecified atom stereocenters. The van der Waals surface area contributed by atoms with E-state index < -0.39 is 0 Å². The molecule has 1 aliphatic heterocycles. The van der Waals surface area contributed by atoms with E-state index in [1.807, 2.05) is 23.9 Å². The van der Waals surface area contributed by atoms with Gasteiger partial charge >= 0.3 is 0 Å². The Morgan fingerprint density at radius 1 is 1.33 bits per heavy atom. The predicted octanol–water partition coefficient (Wildman–Crippen LogP) is 1.50. The molecule has 3 rings (SSSR count). The van der Waals surface area contributed by atoms with Gasteiger partial charge in [-0.15, -0.1) is 0 Å². The van der Waals surface area contributed by atoms with Gasteiger partial charge in [0.05, 0.1) is 12.3 Å². The Morgan fingerprint density at radius 3 is 2.83 bits per heavy atom. The van der Waals surface area contributed by atoms with Gasteiger partial charge in [0.1, 0.15) is 11.3 Å². The third-order valence-corrected chi connectivity index (χ3v) is 5.12. The summed E-state index contributed by atoms with van der Waals surface area (Å²) in [5, 5.41) is 2.89. The Bertz CT molecular complexity index is 736. The number of furan rings is 1. The molecule has 6 nitrogen and oxygen atoms in total. The Kier molecular flexibility index (Phi) is 5.42. The molecule has 1 aliphatic rings. The molecule has 128 valence electrons. The molecule has 0 spiro atoms. The molecule has 0 radical (unpaired) electrons. The van der Waals surface area contributed by atoms with Crippen LogP contribution in [0.2, 0.25) is 0 Å². The quantitative estimate of drug-likeness (QED) is 0.888. The second kappa shape index (κ2) is 7.72. The second-order valence-corrected chi connectivity index (χ2v) is 6.95. The highest BCUT2D eigenvalue weighted by Gasteiger charge is 2.25. The van der Waals surface area contributed by atoms with Crippen molar-refractivity contribution >= 4 is 17.7 Å². The first-order valence-corrected chi connectivity index (χ1v) is 9.11. The van der Waals surface area contributed by atoms with Crippen LogP contribution in [0.25, 0.3) is 0 Å². The van der Waals surface area contributed by atoms with Crippen LogP contribution in [0.1, 0.15) is 22.2 Å². The van der Waals surface area contributed by atoms with Crippen molar-refractivity contribution in [2.24, 2.45) is 7.05 Å². The zero-order valence-corrected chi connectivity index (χ0v) is 14.4. The average Bonchev–Trinajstić information content (AvgIpc) is 3.12. The highest BCUT2D eigenvalue weighted by atomic mass is 32.2. The van der Waals surface area contributed by atoms with Gasteiger partial charge in [-0.05, 0) is 24.3 Å². The predicted molar refractivity (Wildman–Crippen MR) is 94.4 cm³/mol. The maximum Gasteiger partial charge on any atom is 0.263 e. The Morgan fingerprint density at radius 2 is 2.12 bits per heavy atom. The lowest BCUT2D eigenvalue weighted by atomic mass is 10.1. The normalized spacial score (nSPS) is 16.7. The minimum absolute atomic E-state index is 0.0163. The third-order valence-electron chi connectivity index (χ3n) is 4.18. The average molecular weight is 347 g/mol. The number of thioether (sulfide) groups is 1. The van der Waals surface area contributed by atoms with Gasteiger partial charge in [0.2, 0.25) is 0 Å². The second-order valence-electron chi connectivity index (χ2n) is 5.73. The fourth-order valence-corrected chi connectivity index (χ4v) is 3.77. The molecule has 1 saturated heterocycles. The van der Waals surface area contributed by atoms with Crippen LogP contribution in [0, 0.1) is 0 Å². The molecule has 1 N–H and O–H groups in total. The van der Waals surface area contributed by atoms with Gasteiger partial charge in [0.15, 0.2) is 0 Å². The van der Waals surface area contributed by atoms with E-state index in [-0.39, 0.29) is 23.1 Å². The first-order chi connectivity index (χ1) is 11.7. The van der Waals surface area contributed by atoms with Crippen LogP contribution in [-0.2, 0) is 7.05 Å². The molecule has 2 aromatic heterocycles. The number of nitrogens with zero attached hydrogens (tertiary/aromatic N) is 2. The maximum absolute atomic E-state index is 12.4. The van der Waals surface area contributed by atoms with E-state index >= 15 is 0 Å². The van der Waals surface area contributed by atoms with E-state index in [2.05, 4.69) is 10.2 Å². The summed E-state index contributed by atoms with van der Waals surface area (Å²) in [5.41, 5.74) is -0.133. The highest BCUT2D eigenvalue weighted by molar-refractivity contribution is 7.99. The van der Waals surface area contributed by atoms with Gasteiger partial charge in [0.25, 0.3) is 11.5 Å². The summed E-state index contributed by atoms with van der Waals surface area (Å²) < 4.78 is 6.97. The summed E-state index contributed by atoms with van der Waals surface area (Å²) in [4.78, 5) is 26.8. The summed E-state index contributed by atoms with van der Waals surface area (Å²) in [6, 6.07) is 7.02. The Labute approximate surface area is 144 Å². The minimum atomic E-state index is -0.348. The molecule has 1 amide bonds. The van der Waals surface area contributed by atoms with Crippen LogP contribution in [0.5, 0.6) is 0 Å². The molecule has 0 saturated carbocycles. The number of carbonyl (C=O) groups excluding carboxylic acids is 1. The van der Waals surface area contributed by atoms with Crippen LogP contribution in [0.15, 0.2) is 45.9 Å². The van der Waals surface area contributed by atoms with Gasteiger partial charge in [-0.1, -0.05) is 0 Å². The topological polar surface area (TPSA) is 67.5 Å². The summed E-state index contributed by atoms with van der Waals surface area (Å²) in [6.07, 6.45) is 3.28. The number of rotatable bonds is 5. The van der Waals surface area contributed by atoms with Gasteiger partial charge < -0.3 is 14.3 Å². The molecule has 2 aromatic rings.